The number of rotatable bonds is 3. The number of aliphatic imine (C=N–C) groups is 1. The number of carbonyl (C=O) groups is 1. The van der Waals surface area contributed by atoms with Gasteiger partial charge in [-0.15, -0.1) is 0 Å². The van der Waals surface area contributed by atoms with Crippen LogP contribution in [0.25, 0.3) is 0 Å². The van der Waals surface area contributed by atoms with Gasteiger partial charge in [0.1, 0.15) is 29.2 Å². The number of Topliss-reactive ketones (excluding diaryl/α,β-unsaturated/α-hetero) is 1. The Bertz CT molecular complexity index is 1060. The third kappa shape index (κ3) is 2.63. The van der Waals surface area contributed by atoms with Crippen molar-refractivity contribution in [1.29, 1.82) is 0 Å². The predicted octanol–water partition coefficient (Wildman–Crippen LogP) is 3.00. The predicted molar refractivity (Wildman–Crippen MR) is 114 cm³/mol. The van der Waals surface area contributed by atoms with E-state index in [1.54, 1.807) is 12.3 Å². The van der Waals surface area contributed by atoms with Crippen LogP contribution >= 0.6 is 15.9 Å². The van der Waals surface area contributed by atoms with E-state index in [0.29, 0.717) is 25.5 Å². The van der Waals surface area contributed by atoms with Gasteiger partial charge < -0.3 is 19.9 Å². The Morgan fingerprint density at radius 1 is 1.20 bits per heavy atom. The van der Waals surface area contributed by atoms with E-state index in [1.807, 2.05) is 24.3 Å². The molecule has 7 nitrogen and oxygen atoms in total. The summed E-state index contributed by atoms with van der Waals surface area (Å²) in [6, 6.07) is 9.52. The molecule has 1 fully saturated rings. The highest BCUT2D eigenvalue weighted by Gasteiger charge is 2.71. The van der Waals surface area contributed by atoms with Crippen LogP contribution in [0.15, 0.2) is 46.0 Å². The fourth-order valence-electron chi connectivity index (χ4n) is 4.75. The Morgan fingerprint density at radius 2 is 2.00 bits per heavy atom. The fraction of sp³-hybridized carbons (Fsp3) is 0.409. The lowest BCUT2D eigenvalue weighted by molar-refractivity contribution is -0.247. The second-order valence-electron chi connectivity index (χ2n) is 8.58. The number of ether oxygens (including phenoxy) is 3. The minimum absolute atomic E-state index is 0.0547. The first-order valence-electron chi connectivity index (χ1n) is 9.79. The van der Waals surface area contributed by atoms with Gasteiger partial charge >= 0.3 is 0 Å². The number of ketones is 1. The van der Waals surface area contributed by atoms with Crippen molar-refractivity contribution in [3.8, 4) is 5.75 Å². The van der Waals surface area contributed by atoms with E-state index in [2.05, 4.69) is 34.8 Å². The van der Waals surface area contributed by atoms with Gasteiger partial charge in [0.15, 0.2) is 5.78 Å². The first-order valence-corrected chi connectivity index (χ1v) is 10.6. The fourth-order valence-corrected chi connectivity index (χ4v) is 4.99. The number of halogens is 1. The highest BCUT2D eigenvalue weighted by Crippen LogP contribution is 2.62. The molecular weight excluding hydrogens is 450 g/mol. The largest absolute Gasteiger partial charge is 0.487 e. The second kappa shape index (κ2) is 6.52. The minimum Gasteiger partial charge on any atom is -0.487 e. The first-order chi connectivity index (χ1) is 14.3. The van der Waals surface area contributed by atoms with Crippen LogP contribution in [0.1, 0.15) is 35.5 Å². The molecule has 0 bridgehead atoms. The molecule has 8 heteroatoms. The molecule has 1 saturated heterocycles. The van der Waals surface area contributed by atoms with Crippen molar-refractivity contribution in [2.45, 2.75) is 31.4 Å². The Labute approximate surface area is 182 Å². The Morgan fingerprint density at radius 3 is 2.60 bits per heavy atom. The van der Waals surface area contributed by atoms with Gasteiger partial charge in [0.2, 0.25) is 0 Å². The summed E-state index contributed by atoms with van der Waals surface area (Å²) in [6.07, 6.45) is 1.85. The molecular formula is C22H22BrN3O4. The molecule has 1 aromatic carbocycles. The summed E-state index contributed by atoms with van der Waals surface area (Å²) in [6.45, 7) is 5.45. The van der Waals surface area contributed by atoms with Gasteiger partial charge in [-0.25, -0.2) is 4.99 Å². The molecule has 2 N–H and O–H groups in total. The lowest BCUT2D eigenvalue weighted by Gasteiger charge is -2.61. The van der Waals surface area contributed by atoms with E-state index < -0.39 is 16.6 Å². The number of amidine groups is 1. The third-order valence-electron chi connectivity index (χ3n) is 6.60. The molecule has 3 aliphatic rings. The normalized spacial score (nSPS) is 25.1. The van der Waals surface area contributed by atoms with E-state index in [1.165, 1.54) is 0 Å². The first kappa shape index (κ1) is 19.5. The second-order valence-corrected chi connectivity index (χ2v) is 9.49. The van der Waals surface area contributed by atoms with E-state index in [4.69, 9.17) is 24.9 Å². The topological polar surface area (TPSA) is 96.0 Å². The van der Waals surface area contributed by atoms with Gasteiger partial charge in [-0.3, -0.25) is 9.78 Å². The average molecular weight is 472 g/mol. The van der Waals surface area contributed by atoms with Crippen LogP contribution in [0, 0.1) is 5.41 Å². The summed E-state index contributed by atoms with van der Waals surface area (Å²) < 4.78 is 18.5. The van der Waals surface area contributed by atoms with Crippen molar-refractivity contribution in [3.05, 3.63) is 57.8 Å². The van der Waals surface area contributed by atoms with Gasteiger partial charge in [-0.05, 0) is 59.6 Å². The lowest BCUT2D eigenvalue weighted by Crippen LogP contribution is -2.71. The maximum atomic E-state index is 12.8. The van der Waals surface area contributed by atoms with E-state index in [-0.39, 0.29) is 18.2 Å². The number of pyridine rings is 1. The van der Waals surface area contributed by atoms with Gasteiger partial charge in [0.05, 0.1) is 18.6 Å². The molecule has 1 atom stereocenters. The van der Waals surface area contributed by atoms with Crippen LogP contribution in [-0.4, -0.2) is 42.2 Å². The summed E-state index contributed by atoms with van der Waals surface area (Å²) in [4.78, 5) is 21.8. The van der Waals surface area contributed by atoms with Crippen molar-refractivity contribution in [3.63, 3.8) is 0 Å². The number of hydrogen-bond donors (Lipinski definition) is 1. The van der Waals surface area contributed by atoms with Crippen LogP contribution in [-0.2, 0) is 21.4 Å². The van der Waals surface area contributed by atoms with Crippen molar-refractivity contribution >= 4 is 27.7 Å². The monoisotopic (exact) mass is 471 g/mol. The van der Waals surface area contributed by atoms with E-state index in [9.17, 15) is 4.79 Å². The standard InChI is InChI=1S/C22H22BrN3O4/c1-20(2)21(10-28-11-21)22(12-29-19(24)26-22)15-7-13(3-6-18(15)30-20)8-17(27)16-5-4-14(23)9-25-16/h3-7,9H,8,10-12H2,1-2H3,(H2,24,26)/t22-/m0/s1. The summed E-state index contributed by atoms with van der Waals surface area (Å²) in [5.74, 6) is 0.679. The van der Waals surface area contributed by atoms with Crippen LogP contribution in [0.2, 0.25) is 0 Å². The molecule has 4 heterocycles. The van der Waals surface area contributed by atoms with Gasteiger partial charge in [-0.2, -0.15) is 0 Å². The van der Waals surface area contributed by atoms with Crippen LogP contribution < -0.4 is 10.5 Å². The molecule has 0 saturated carbocycles. The summed E-state index contributed by atoms with van der Waals surface area (Å²) in [7, 11) is 0. The number of aromatic nitrogens is 1. The number of nitrogens with two attached hydrogens (primary N) is 1. The Kier molecular flexibility index (Phi) is 4.24. The van der Waals surface area contributed by atoms with Crippen LogP contribution in [0.4, 0.5) is 0 Å². The number of benzene rings is 1. The number of nitrogens with zero attached hydrogens (tertiary/aromatic N) is 2. The molecule has 3 aliphatic heterocycles. The highest BCUT2D eigenvalue weighted by molar-refractivity contribution is 9.10. The molecule has 0 unspecified atom stereocenters. The minimum atomic E-state index is -0.707. The molecule has 0 aliphatic carbocycles. The molecule has 2 spiro atoms. The summed E-state index contributed by atoms with van der Waals surface area (Å²) >= 11 is 3.34. The molecule has 0 radical (unpaired) electrons. The van der Waals surface area contributed by atoms with Crippen LogP contribution in [0.3, 0.4) is 0 Å². The average Bonchev–Trinajstić information content (AvgIpc) is 3.03. The highest BCUT2D eigenvalue weighted by atomic mass is 79.9. The number of hydrogen-bond acceptors (Lipinski definition) is 7. The molecule has 156 valence electrons. The van der Waals surface area contributed by atoms with Crippen LogP contribution in [0.5, 0.6) is 5.75 Å². The summed E-state index contributed by atoms with van der Waals surface area (Å²) in [5.41, 5.74) is 6.53. The molecule has 5 rings (SSSR count). The van der Waals surface area contributed by atoms with E-state index >= 15 is 0 Å². The molecule has 2 aromatic rings. The third-order valence-corrected chi connectivity index (χ3v) is 7.07. The van der Waals surface area contributed by atoms with Crippen molar-refractivity contribution < 1.29 is 19.0 Å². The van der Waals surface area contributed by atoms with Gasteiger partial charge in [0, 0.05) is 22.7 Å². The van der Waals surface area contributed by atoms with Crippen molar-refractivity contribution in [2.24, 2.45) is 16.1 Å². The number of carbonyl (C=O) groups excluding carboxylic acids is 1. The Hall–Kier alpha value is -2.45. The van der Waals surface area contributed by atoms with Crippen molar-refractivity contribution in [1.82, 2.24) is 4.98 Å². The van der Waals surface area contributed by atoms with Gasteiger partial charge in [0.25, 0.3) is 6.02 Å². The SMILES string of the molecule is CC1(C)Oc2ccc(CC(=O)c3ccc(Br)cn3)cc2[C@@]2(COC(N)=N2)C12COC2. The van der Waals surface area contributed by atoms with Crippen molar-refractivity contribution in [2.75, 3.05) is 19.8 Å². The molecule has 0 amide bonds. The Balaban J connectivity index is 1.56. The summed E-state index contributed by atoms with van der Waals surface area (Å²) in [5, 5.41) is 0. The maximum Gasteiger partial charge on any atom is 0.283 e. The zero-order valence-electron chi connectivity index (χ0n) is 16.8. The smallest absolute Gasteiger partial charge is 0.283 e. The zero-order valence-corrected chi connectivity index (χ0v) is 18.4. The molecule has 1 aromatic heterocycles. The lowest BCUT2D eigenvalue weighted by atomic mass is 9.55. The molecule has 30 heavy (non-hydrogen) atoms. The maximum absolute atomic E-state index is 12.8. The quantitative estimate of drug-likeness (QED) is 0.691. The van der Waals surface area contributed by atoms with Gasteiger partial charge in [-0.1, -0.05) is 6.07 Å². The van der Waals surface area contributed by atoms with E-state index in [0.717, 1.165) is 21.3 Å². The zero-order chi connectivity index (χ0) is 21.1. The number of fused-ring (bicyclic) bond motifs is 3.